The molecule has 1 aliphatic carbocycles. The highest BCUT2D eigenvalue weighted by atomic mass is 32.2. The maximum absolute atomic E-state index is 12.9. The van der Waals surface area contributed by atoms with Crippen LogP contribution >= 0.6 is 0 Å². The molecular weight excluding hydrogens is 462 g/mol. The Morgan fingerprint density at radius 1 is 1.20 bits per heavy atom. The van der Waals surface area contributed by atoms with Crippen molar-refractivity contribution < 1.29 is 8.42 Å². The van der Waals surface area contributed by atoms with E-state index in [2.05, 4.69) is 21.1 Å². The Kier molecular flexibility index (Phi) is 6.34. The summed E-state index contributed by atoms with van der Waals surface area (Å²) in [6.45, 7) is 2.32. The fourth-order valence-electron chi connectivity index (χ4n) is 5.29. The monoisotopic (exact) mass is 491 g/mol. The quantitative estimate of drug-likeness (QED) is 0.507. The van der Waals surface area contributed by atoms with Gasteiger partial charge in [0.2, 0.25) is 5.95 Å². The molecule has 182 valence electrons. The van der Waals surface area contributed by atoms with Gasteiger partial charge in [-0.15, -0.1) is 6.42 Å². The van der Waals surface area contributed by atoms with Crippen LogP contribution in [0.25, 0.3) is 11.0 Å². The number of rotatable bonds is 7. The number of terminal acetylenes is 1. The minimum absolute atomic E-state index is 0.118. The van der Waals surface area contributed by atoms with E-state index in [1.165, 1.54) is 12.3 Å². The van der Waals surface area contributed by atoms with Gasteiger partial charge in [0.25, 0.3) is 5.56 Å². The largest absolute Gasteiger partial charge is 0.324 e. The zero-order valence-electron chi connectivity index (χ0n) is 19.8. The Morgan fingerprint density at radius 3 is 2.69 bits per heavy atom. The van der Waals surface area contributed by atoms with Crippen molar-refractivity contribution in [2.24, 2.45) is 5.92 Å². The van der Waals surface area contributed by atoms with Crippen LogP contribution in [0.1, 0.15) is 42.9 Å². The van der Waals surface area contributed by atoms with Crippen molar-refractivity contribution in [3.05, 3.63) is 58.0 Å². The SMILES string of the molecule is C#Cc1cc(=O)n(C2CCCC2)c2nc(Nc3cccc(CN4CC(CS(C)(=O)=O)C4)c3)ncc12. The van der Waals surface area contributed by atoms with Gasteiger partial charge in [0, 0.05) is 55.4 Å². The Balaban J connectivity index is 1.36. The lowest BCUT2D eigenvalue weighted by Gasteiger charge is -2.39. The van der Waals surface area contributed by atoms with Crippen molar-refractivity contribution in [3.63, 3.8) is 0 Å². The molecule has 9 heteroatoms. The standard InChI is InChI=1S/C26H29N5O3S/c1-3-20-12-24(32)31(22-9-4-5-10-22)25-23(20)13-27-26(29-25)28-21-8-6-7-18(11-21)14-30-15-19(16-30)17-35(2,33)34/h1,6-8,11-13,19,22H,4-5,9-10,14-17H2,2H3,(H,27,28,29). The third-order valence-corrected chi connectivity index (χ3v) is 7.88. The van der Waals surface area contributed by atoms with Crippen LogP contribution in [0.2, 0.25) is 0 Å². The molecule has 5 rings (SSSR count). The zero-order valence-corrected chi connectivity index (χ0v) is 20.6. The predicted molar refractivity (Wildman–Crippen MR) is 137 cm³/mol. The number of benzene rings is 1. The first-order valence-electron chi connectivity index (χ1n) is 11.9. The molecule has 0 unspecified atom stereocenters. The smallest absolute Gasteiger partial charge is 0.253 e. The summed E-state index contributed by atoms with van der Waals surface area (Å²) in [4.78, 5) is 24.3. The first-order valence-corrected chi connectivity index (χ1v) is 14.0. The number of hydrogen-bond donors (Lipinski definition) is 1. The highest BCUT2D eigenvalue weighted by Crippen LogP contribution is 2.31. The molecular formula is C26H29N5O3S. The molecule has 35 heavy (non-hydrogen) atoms. The van der Waals surface area contributed by atoms with Crippen LogP contribution in [-0.4, -0.2) is 53.0 Å². The highest BCUT2D eigenvalue weighted by molar-refractivity contribution is 7.90. The Labute approximate surface area is 205 Å². The number of hydrogen-bond acceptors (Lipinski definition) is 7. The van der Waals surface area contributed by atoms with Gasteiger partial charge in [-0.1, -0.05) is 30.9 Å². The summed E-state index contributed by atoms with van der Waals surface area (Å²) in [5, 5.41) is 3.98. The van der Waals surface area contributed by atoms with E-state index < -0.39 is 9.84 Å². The summed E-state index contributed by atoms with van der Waals surface area (Å²) in [5.74, 6) is 3.47. The van der Waals surface area contributed by atoms with Crippen LogP contribution in [-0.2, 0) is 16.4 Å². The molecule has 1 saturated carbocycles. The lowest BCUT2D eigenvalue weighted by atomic mass is 10.0. The molecule has 1 aromatic carbocycles. The second-order valence-electron chi connectivity index (χ2n) is 9.76. The average Bonchev–Trinajstić information content (AvgIpc) is 3.30. The maximum Gasteiger partial charge on any atom is 0.253 e. The van der Waals surface area contributed by atoms with Gasteiger partial charge < -0.3 is 5.32 Å². The fourth-order valence-corrected chi connectivity index (χ4v) is 6.36. The van der Waals surface area contributed by atoms with Crippen molar-refractivity contribution in [1.29, 1.82) is 0 Å². The number of fused-ring (bicyclic) bond motifs is 1. The Bertz CT molecular complexity index is 1460. The van der Waals surface area contributed by atoms with Gasteiger partial charge in [0.1, 0.15) is 15.5 Å². The fraction of sp³-hybridized carbons (Fsp3) is 0.423. The first kappa shape index (κ1) is 23.5. The predicted octanol–water partition coefficient (Wildman–Crippen LogP) is 3.11. The number of nitrogens with one attached hydrogen (secondary N) is 1. The molecule has 2 aliphatic rings. The molecule has 0 amide bonds. The molecule has 3 aromatic rings. The molecule has 2 fully saturated rings. The summed E-state index contributed by atoms with van der Waals surface area (Å²) in [5.41, 5.74) is 2.93. The summed E-state index contributed by atoms with van der Waals surface area (Å²) in [7, 11) is -2.94. The molecule has 8 nitrogen and oxygen atoms in total. The van der Waals surface area contributed by atoms with E-state index in [1.807, 2.05) is 24.3 Å². The lowest BCUT2D eigenvalue weighted by Crippen LogP contribution is -2.48. The van der Waals surface area contributed by atoms with Gasteiger partial charge in [0.05, 0.1) is 11.1 Å². The highest BCUT2D eigenvalue weighted by Gasteiger charge is 2.29. The van der Waals surface area contributed by atoms with Crippen molar-refractivity contribution >= 4 is 32.5 Å². The van der Waals surface area contributed by atoms with E-state index >= 15 is 0 Å². The third-order valence-electron chi connectivity index (χ3n) is 6.80. The Morgan fingerprint density at radius 2 is 1.97 bits per heavy atom. The zero-order chi connectivity index (χ0) is 24.6. The third kappa shape index (κ3) is 5.24. The molecule has 0 radical (unpaired) electrons. The molecule has 0 spiro atoms. The number of nitrogens with zero attached hydrogens (tertiary/aromatic N) is 4. The van der Waals surface area contributed by atoms with Crippen LogP contribution in [0.15, 0.2) is 41.3 Å². The van der Waals surface area contributed by atoms with Gasteiger partial charge in [-0.25, -0.2) is 13.4 Å². The normalized spacial score (nSPS) is 17.4. The molecule has 0 atom stereocenters. The van der Waals surface area contributed by atoms with Crippen molar-refractivity contribution in [1.82, 2.24) is 19.4 Å². The average molecular weight is 492 g/mol. The molecule has 3 heterocycles. The van der Waals surface area contributed by atoms with Gasteiger partial charge in [-0.2, -0.15) is 4.98 Å². The van der Waals surface area contributed by atoms with Crippen LogP contribution in [0.5, 0.6) is 0 Å². The minimum atomic E-state index is -2.94. The van der Waals surface area contributed by atoms with Gasteiger partial charge >= 0.3 is 0 Å². The van der Waals surface area contributed by atoms with E-state index in [0.29, 0.717) is 22.5 Å². The van der Waals surface area contributed by atoms with E-state index in [1.54, 1.807) is 10.8 Å². The van der Waals surface area contributed by atoms with Crippen LogP contribution in [0.3, 0.4) is 0 Å². The summed E-state index contributed by atoms with van der Waals surface area (Å²) in [6, 6.07) is 9.65. The molecule has 1 N–H and O–H groups in total. The van der Waals surface area contributed by atoms with E-state index in [-0.39, 0.29) is 23.3 Å². The van der Waals surface area contributed by atoms with E-state index in [4.69, 9.17) is 11.4 Å². The molecule has 2 aromatic heterocycles. The van der Waals surface area contributed by atoms with Crippen molar-refractivity contribution in [3.8, 4) is 12.3 Å². The second-order valence-corrected chi connectivity index (χ2v) is 11.9. The molecule has 1 saturated heterocycles. The summed E-state index contributed by atoms with van der Waals surface area (Å²) >= 11 is 0. The first-order chi connectivity index (χ1) is 16.8. The number of likely N-dealkylation sites (tertiary alicyclic amines) is 1. The number of sulfone groups is 1. The number of aromatic nitrogens is 3. The maximum atomic E-state index is 12.9. The van der Waals surface area contributed by atoms with E-state index in [9.17, 15) is 13.2 Å². The number of pyridine rings is 1. The van der Waals surface area contributed by atoms with Gasteiger partial charge in [0.15, 0.2) is 0 Å². The second kappa shape index (κ2) is 9.44. The summed E-state index contributed by atoms with van der Waals surface area (Å²) in [6.07, 6.45) is 12.8. The van der Waals surface area contributed by atoms with Gasteiger partial charge in [-0.05, 0) is 36.5 Å². The van der Waals surface area contributed by atoms with E-state index in [0.717, 1.165) is 56.6 Å². The molecule has 0 bridgehead atoms. The lowest BCUT2D eigenvalue weighted by molar-refractivity contribution is 0.107. The van der Waals surface area contributed by atoms with Gasteiger partial charge in [-0.3, -0.25) is 14.3 Å². The summed E-state index contributed by atoms with van der Waals surface area (Å²) < 4.78 is 24.7. The minimum Gasteiger partial charge on any atom is -0.324 e. The topological polar surface area (TPSA) is 97.2 Å². The van der Waals surface area contributed by atoms with Crippen LogP contribution in [0.4, 0.5) is 11.6 Å². The van der Waals surface area contributed by atoms with Crippen molar-refractivity contribution in [2.75, 3.05) is 30.4 Å². The van der Waals surface area contributed by atoms with Crippen LogP contribution in [0, 0.1) is 18.3 Å². The molecule has 1 aliphatic heterocycles. The Hall–Kier alpha value is -3.22. The number of anilines is 2. The van der Waals surface area contributed by atoms with Crippen LogP contribution < -0.4 is 10.9 Å². The van der Waals surface area contributed by atoms with Crippen molar-refractivity contribution in [2.45, 2.75) is 38.3 Å².